The predicted octanol–water partition coefficient (Wildman–Crippen LogP) is 3.73. The van der Waals surface area contributed by atoms with Crippen molar-refractivity contribution in [2.45, 2.75) is 61.5 Å². The van der Waals surface area contributed by atoms with Crippen LogP contribution in [0.3, 0.4) is 0 Å². The van der Waals surface area contributed by atoms with Crippen LogP contribution < -0.4 is 10.5 Å². The maximum absolute atomic E-state index is 13.6. The number of hydrogen-bond acceptors (Lipinski definition) is 9. The molecular formula is C29H30F3N9O2. The number of alkyl halides is 3. The first kappa shape index (κ1) is 27.8. The van der Waals surface area contributed by atoms with Crippen molar-refractivity contribution in [3.63, 3.8) is 0 Å². The van der Waals surface area contributed by atoms with Gasteiger partial charge in [-0.05, 0) is 43.4 Å². The highest BCUT2D eigenvalue weighted by Gasteiger charge is 2.49. The fraction of sp³-hybridized carbons (Fsp3) is 0.483. The number of aromatic nitrogens is 6. The van der Waals surface area contributed by atoms with E-state index in [1.54, 1.807) is 6.20 Å². The SMILES string of the molecule is N#CCC1(n2cc(-c3ncnc4[nH]ccc34)cn2)CC(N2CCC(Oc3cc(C4(N)COC4)cc(C(F)(F)F)n3)CC2)C1. The van der Waals surface area contributed by atoms with E-state index in [-0.39, 0.29) is 31.2 Å². The summed E-state index contributed by atoms with van der Waals surface area (Å²) in [5.74, 6) is -0.0632. The molecule has 1 saturated carbocycles. The summed E-state index contributed by atoms with van der Waals surface area (Å²) in [6.07, 6.45) is 5.39. The van der Waals surface area contributed by atoms with Crippen molar-refractivity contribution in [3.8, 4) is 23.2 Å². The molecule has 2 saturated heterocycles. The van der Waals surface area contributed by atoms with E-state index < -0.39 is 22.9 Å². The van der Waals surface area contributed by atoms with Gasteiger partial charge < -0.3 is 20.2 Å². The number of pyridine rings is 1. The van der Waals surface area contributed by atoms with Gasteiger partial charge in [-0.25, -0.2) is 15.0 Å². The first-order valence-electron chi connectivity index (χ1n) is 14.2. The van der Waals surface area contributed by atoms with Gasteiger partial charge >= 0.3 is 6.18 Å². The van der Waals surface area contributed by atoms with E-state index in [2.05, 4.69) is 36.0 Å². The molecule has 7 rings (SSSR count). The molecule has 0 spiro atoms. The molecule has 43 heavy (non-hydrogen) atoms. The molecule has 0 bridgehead atoms. The van der Waals surface area contributed by atoms with E-state index in [4.69, 9.17) is 15.2 Å². The highest BCUT2D eigenvalue weighted by molar-refractivity contribution is 5.90. The number of piperidine rings is 1. The molecule has 0 radical (unpaired) electrons. The van der Waals surface area contributed by atoms with E-state index in [0.29, 0.717) is 24.8 Å². The van der Waals surface area contributed by atoms with Crippen LogP contribution in [0.4, 0.5) is 13.2 Å². The van der Waals surface area contributed by atoms with Gasteiger partial charge in [-0.2, -0.15) is 23.5 Å². The molecule has 4 aromatic rings. The van der Waals surface area contributed by atoms with Crippen molar-refractivity contribution in [2.75, 3.05) is 26.3 Å². The Bertz CT molecular complexity index is 1680. The Morgan fingerprint density at radius 2 is 1.98 bits per heavy atom. The third-order valence-corrected chi connectivity index (χ3v) is 9.00. The molecule has 3 fully saturated rings. The third kappa shape index (κ3) is 5.01. The number of nitrogens with two attached hydrogens (primary N) is 1. The summed E-state index contributed by atoms with van der Waals surface area (Å²) in [5.41, 5.74) is 6.55. The molecule has 0 unspecified atom stereocenters. The highest BCUT2D eigenvalue weighted by Crippen LogP contribution is 2.46. The molecule has 3 aliphatic rings. The van der Waals surface area contributed by atoms with Crippen LogP contribution in [0.15, 0.2) is 43.1 Å². The summed E-state index contributed by atoms with van der Waals surface area (Å²) >= 11 is 0. The minimum absolute atomic E-state index is 0.0632. The highest BCUT2D eigenvalue weighted by atomic mass is 19.4. The summed E-state index contributed by atoms with van der Waals surface area (Å²) in [5, 5.41) is 15.2. The van der Waals surface area contributed by atoms with Gasteiger partial charge in [0.1, 0.15) is 23.8 Å². The topological polar surface area (TPSA) is 144 Å². The summed E-state index contributed by atoms with van der Waals surface area (Å²) in [6.45, 7) is 1.76. The van der Waals surface area contributed by atoms with E-state index >= 15 is 0 Å². The maximum Gasteiger partial charge on any atom is 0.433 e. The number of aromatic amines is 1. The lowest BCUT2D eigenvalue weighted by molar-refractivity contribution is -0.141. The van der Waals surface area contributed by atoms with E-state index in [0.717, 1.165) is 54.3 Å². The lowest BCUT2D eigenvalue weighted by Gasteiger charge is -2.52. The van der Waals surface area contributed by atoms with Crippen LogP contribution in [0.2, 0.25) is 0 Å². The predicted molar refractivity (Wildman–Crippen MR) is 147 cm³/mol. The average Bonchev–Trinajstić information content (AvgIpc) is 3.64. The first-order valence-corrected chi connectivity index (χ1v) is 14.2. The van der Waals surface area contributed by atoms with Gasteiger partial charge in [0, 0.05) is 48.5 Å². The Kier molecular flexibility index (Phi) is 6.64. The molecule has 1 aliphatic carbocycles. The molecule has 224 valence electrons. The van der Waals surface area contributed by atoms with Gasteiger partial charge in [-0.3, -0.25) is 9.58 Å². The summed E-state index contributed by atoms with van der Waals surface area (Å²) in [4.78, 5) is 17.9. The van der Waals surface area contributed by atoms with Crippen LogP contribution in [0.1, 0.15) is 43.4 Å². The van der Waals surface area contributed by atoms with E-state index in [1.807, 2.05) is 23.1 Å². The third-order valence-electron chi connectivity index (χ3n) is 9.00. The second-order valence-electron chi connectivity index (χ2n) is 11.8. The van der Waals surface area contributed by atoms with Gasteiger partial charge in [-0.1, -0.05) is 0 Å². The number of nitrogens with one attached hydrogen (secondary N) is 1. The fourth-order valence-corrected chi connectivity index (χ4v) is 6.46. The summed E-state index contributed by atoms with van der Waals surface area (Å²) < 4.78 is 53.8. The molecule has 2 aliphatic heterocycles. The molecule has 0 aromatic carbocycles. The van der Waals surface area contributed by atoms with Crippen LogP contribution in [0, 0.1) is 11.3 Å². The van der Waals surface area contributed by atoms with Crippen molar-refractivity contribution >= 4 is 11.0 Å². The lowest BCUT2D eigenvalue weighted by atomic mass is 9.69. The number of rotatable bonds is 7. The van der Waals surface area contributed by atoms with Crippen LogP contribution in [-0.4, -0.2) is 73.1 Å². The molecule has 0 amide bonds. The maximum atomic E-state index is 13.6. The zero-order chi connectivity index (χ0) is 29.8. The summed E-state index contributed by atoms with van der Waals surface area (Å²) in [7, 11) is 0. The van der Waals surface area contributed by atoms with Crippen LogP contribution >= 0.6 is 0 Å². The monoisotopic (exact) mass is 593 g/mol. The molecule has 6 heterocycles. The van der Waals surface area contributed by atoms with E-state index in [9.17, 15) is 18.4 Å². The Morgan fingerprint density at radius 3 is 2.67 bits per heavy atom. The van der Waals surface area contributed by atoms with Crippen LogP contribution in [0.25, 0.3) is 22.3 Å². The normalized spacial score (nSPS) is 24.3. The molecule has 11 nitrogen and oxygen atoms in total. The van der Waals surface area contributed by atoms with E-state index in [1.165, 1.54) is 12.4 Å². The number of H-pyrrole nitrogens is 1. The largest absolute Gasteiger partial charge is 0.474 e. The zero-order valence-electron chi connectivity index (χ0n) is 23.2. The van der Waals surface area contributed by atoms with Gasteiger partial charge in [0.05, 0.1) is 48.7 Å². The zero-order valence-corrected chi connectivity index (χ0v) is 23.2. The number of ether oxygens (including phenoxy) is 2. The van der Waals surface area contributed by atoms with Gasteiger partial charge in [0.25, 0.3) is 0 Å². The number of fused-ring (bicyclic) bond motifs is 1. The quantitative estimate of drug-likeness (QED) is 0.328. The molecule has 4 aromatic heterocycles. The second-order valence-corrected chi connectivity index (χ2v) is 11.8. The summed E-state index contributed by atoms with van der Waals surface area (Å²) in [6, 6.07) is 7.04. The minimum Gasteiger partial charge on any atom is -0.474 e. The van der Waals surface area contributed by atoms with Crippen molar-refractivity contribution < 1.29 is 22.6 Å². The molecule has 3 N–H and O–H groups in total. The van der Waals surface area contributed by atoms with Gasteiger partial charge in [-0.15, -0.1) is 0 Å². The Labute approximate surface area is 244 Å². The molecular weight excluding hydrogens is 563 g/mol. The van der Waals surface area contributed by atoms with Gasteiger partial charge in [0.2, 0.25) is 5.88 Å². The van der Waals surface area contributed by atoms with Crippen LogP contribution in [0.5, 0.6) is 5.88 Å². The molecule has 0 atom stereocenters. The van der Waals surface area contributed by atoms with Gasteiger partial charge in [0.15, 0.2) is 0 Å². The lowest BCUT2D eigenvalue weighted by Crippen LogP contribution is -2.58. The average molecular weight is 594 g/mol. The smallest absolute Gasteiger partial charge is 0.433 e. The number of nitriles is 1. The fourth-order valence-electron chi connectivity index (χ4n) is 6.46. The standard InChI is InChI=1S/C29H30F3N9O2/c30-29(31,32)23-9-19(28(34)15-42-16-28)10-24(39-23)43-21-2-7-40(8-3-21)20-11-27(12-20,4-5-33)41-14-18(13-38-41)25-22-1-6-35-26(22)37-17-36-25/h1,6,9-10,13-14,17,20-21H,2-4,7-8,11-12,15-16,34H2,(H,35,36,37). The van der Waals surface area contributed by atoms with Crippen molar-refractivity contribution in [1.29, 1.82) is 5.26 Å². The Morgan fingerprint density at radius 1 is 1.19 bits per heavy atom. The van der Waals surface area contributed by atoms with Crippen LogP contribution in [-0.2, 0) is 22.0 Å². The Hall–Kier alpha value is -4.06. The number of hydrogen-bond donors (Lipinski definition) is 2. The van der Waals surface area contributed by atoms with Crippen molar-refractivity contribution in [1.82, 2.24) is 34.6 Å². The Balaban J connectivity index is 1.00. The first-order chi connectivity index (χ1) is 20.7. The number of nitrogens with zero attached hydrogens (tertiary/aromatic N) is 7. The number of likely N-dealkylation sites (tertiary alicyclic amines) is 1. The minimum atomic E-state index is -4.61. The van der Waals surface area contributed by atoms with Crippen molar-refractivity contribution in [2.24, 2.45) is 5.73 Å². The number of halogens is 3. The second kappa shape index (κ2) is 10.3. The van der Waals surface area contributed by atoms with Crippen molar-refractivity contribution in [3.05, 3.63) is 54.4 Å². The molecule has 14 heteroatoms.